The lowest BCUT2D eigenvalue weighted by molar-refractivity contribution is -0.143. The Morgan fingerprint density at radius 3 is 3.00 bits per heavy atom. The SMILES string of the molecule is CCOC(=O)CCCC1=NCC2OC(C)(C)O[C@@H]12. The molecule has 1 fully saturated rings. The van der Waals surface area contributed by atoms with Crippen molar-refractivity contribution in [1.82, 2.24) is 0 Å². The van der Waals surface area contributed by atoms with Crippen LogP contribution in [0.3, 0.4) is 0 Å². The summed E-state index contributed by atoms with van der Waals surface area (Å²) in [6, 6.07) is 0. The van der Waals surface area contributed by atoms with Gasteiger partial charge in [-0.2, -0.15) is 0 Å². The predicted molar refractivity (Wildman–Crippen MR) is 66.6 cm³/mol. The number of fused-ring (bicyclic) bond motifs is 1. The molecule has 0 aromatic heterocycles. The molecule has 0 spiro atoms. The van der Waals surface area contributed by atoms with Crippen molar-refractivity contribution in [2.45, 2.75) is 58.0 Å². The zero-order chi connectivity index (χ0) is 13.2. The first-order valence-electron chi connectivity index (χ1n) is 6.56. The van der Waals surface area contributed by atoms with E-state index < -0.39 is 5.79 Å². The molecule has 2 rings (SSSR count). The van der Waals surface area contributed by atoms with E-state index in [2.05, 4.69) is 4.99 Å². The van der Waals surface area contributed by atoms with Crippen LogP contribution in [0, 0.1) is 0 Å². The van der Waals surface area contributed by atoms with E-state index in [9.17, 15) is 4.79 Å². The van der Waals surface area contributed by atoms with Gasteiger partial charge in [0.15, 0.2) is 5.79 Å². The Morgan fingerprint density at radius 1 is 1.50 bits per heavy atom. The molecule has 0 aromatic carbocycles. The summed E-state index contributed by atoms with van der Waals surface area (Å²) in [4.78, 5) is 15.7. The molecular weight excluding hydrogens is 234 g/mol. The van der Waals surface area contributed by atoms with Crippen molar-refractivity contribution in [3.05, 3.63) is 0 Å². The van der Waals surface area contributed by atoms with Crippen molar-refractivity contribution >= 4 is 11.7 Å². The first-order chi connectivity index (χ1) is 8.52. The minimum atomic E-state index is -0.516. The molecule has 18 heavy (non-hydrogen) atoms. The Kier molecular flexibility index (Phi) is 4.02. The van der Waals surface area contributed by atoms with Crippen molar-refractivity contribution in [2.24, 2.45) is 4.99 Å². The van der Waals surface area contributed by atoms with E-state index in [1.54, 1.807) is 0 Å². The van der Waals surface area contributed by atoms with E-state index in [0.717, 1.165) is 18.6 Å². The van der Waals surface area contributed by atoms with Crippen molar-refractivity contribution in [2.75, 3.05) is 13.2 Å². The highest BCUT2D eigenvalue weighted by Crippen LogP contribution is 2.33. The van der Waals surface area contributed by atoms with E-state index in [0.29, 0.717) is 19.6 Å². The lowest BCUT2D eigenvalue weighted by Gasteiger charge is -2.18. The second-order valence-electron chi connectivity index (χ2n) is 5.09. The minimum absolute atomic E-state index is 0.0257. The molecule has 2 heterocycles. The molecule has 0 radical (unpaired) electrons. The lowest BCUT2D eigenvalue weighted by Crippen LogP contribution is -2.27. The summed E-state index contributed by atoms with van der Waals surface area (Å²) in [6.45, 7) is 6.76. The molecule has 2 atom stereocenters. The van der Waals surface area contributed by atoms with E-state index in [-0.39, 0.29) is 18.2 Å². The van der Waals surface area contributed by atoms with Gasteiger partial charge in [-0.25, -0.2) is 0 Å². The molecule has 1 saturated heterocycles. The fourth-order valence-corrected chi connectivity index (χ4v) is 2.42. The van der Waals surface area contributed by atoms with Gasteiger partial charge in [0.25, 0.3) is 0 Å². The Bertz CT molecular complexity index is 351. The summed E-state index contributed by atoms with van der Waals surface area (Å²) >= 11 is 0. The first-order valence-corrected chi connectivity index (χ1v) is 6.56. The van der Waals surface area contributed by atoms with Gasteiger partial charge in [0.2, 0.25) is 0 Å². The fourth-order valence-electron chi connectivity index (χ4n) is 2.42. The summed E-state index contributed by atoms with van der Waals surface area (Å²) < 4.78 is 16.5. The van der Waals surface area contributed by atoms with Gasteiger partial charge < -0.3 is 14.2 Å². The molecule has 5 nitrogen and oxygen atoms in total. The molecule has 0 aromatic rings. The van der Waals surface area contributed by atoms with E-state index in [4.69, 9.17) is 14.2 Å². The van der Waals surface area contributed by atoms with Crippen molar-refractivity contribution < 1.29 is 19.0 Å². The molecule has 5 heteroatoms. The van der Waals surface area contributed by atoms with Gasteiger partial charge >= 0.3 is 5.97 Å². The van der Waals surface area contributed by atoms with Crippen LogP contribution < -0.4 is 0 Å². The normalized spacial score (nSPS) is 28.9. The van der Waals surface area contributed by atoms with Gasteiger partial charge in [-0.05, 0) is 33.6 Å². The topological polar surface area (TPSA) is 57.1 Å². The van der Waals surface area contributed by atoms with Crippen LogP contribution in [0.4, 0.5) is 0 Å². The van der Waals surface area contributed by atoms with Crippen LogP contribution >= 0.6 is 0 Å². The average Bonchev–Trinajstić information content (AvgIpc) is 2.75. The fraction of sp³-hybridized carbons (Fsp3) is 0.846. The minimum Gasteiger partial charge on any atom is -0.466 e. The van der Waals surface area contributed by atoms with E-state index >= 15 is 0 Å². The Hall–Kier alpha value is -0.940. The third-order valence-corrected chi connectivity index (χ3v) is 3.11. The van der Waals surface area contributed by atoms with Gasteiger partial charge in [-0.1, -0.05) is 0 Å². The highest BCUT2D eigenvalue weighted by atomic mass is 16.8. The van der Waals surface area contributed by atoms with Crippen molar-refractivity contribution in [1.29, 1.82) is 0 Å². The number of rotatable bonds is 5. The molecule has 2 aliphatic heterocycles. The number of carbonyl (C=O) groups is 1. The number of nitrogens with zero attached hydrogens (tertiary/aromatic N) is 1. The summed E-state index contributed by atoms with van der Waals surface area (Å²) in [6.07, 6.45) is 2.00. The van der Waals surface area contributed by atoms with Gasteiger partial charge in [-0.15, -0.1) is 0 Å². The average molecular weight is 255 g/mol. The molecular formula is C13H21NO4. The van der Waals surface area contributed by atoms with E-state index in [1.165, 1.54) is 0 Å². The maximum atomic E-state index is 11.2. The van der Waals surface area contributed by atoms with Crippen LogP contribution in [0.15, 0.2) is 4.99 Å². The van der Waals surface area contributed by atoms with Gasteiger partial charge in [0, 0.05) is 12.1 Å². The van der Waals surface area contributed by atoms with Gasteiger partial charge in [0.1, 0.15) is 12.2 Å². The maximum absolute atomic E-state index is 11.2. The van der Waals surface area contributed by atoms with Crippen LogP contribution in [0.5, 0.6) is 0 Å². The second-order valence-corrected chi connectivity index (χ2v) is 5.09. The van der Waals surface area contributed by atoms with Crippen molar-refractivity contribution in [3.8, 4) is 0 Å². The molecule has 0 saturated carbocycles. The predicted octanol–water partition coefficient (Wildman–Crippen LogP) is 1.69. The first kappa shape index (κ1) is 13.5. The van der Waals surface area contributed by atoms with Crippen LogP contribution in [-0.4, -0.2) is 42.8 Å². The highest BCUT2D eigenvalue weighted by Gasteiger charge is 2.46. The van der Waals surface area contributed by atoms with Crippen LogP contribution in [-0.2, 0) is 19.0 Å². The van der Waals surface area contributed by atoms with Gasteiger partial charge in [0.05, 0.1) is 13.2 Å². The molecule has 0 aliphatic carbocycles. The second kappa shape index (κ2) is 5.36. The molecule has 0 amide bonds. The van der Waals surface area contributed by atoms with Gasteiger partial charge in [-0.3, -0.25) is 9.79 Å². The summed E-state index contributed by atoms with van der Waals surface area (Å²) in [5, 5.41) is 0. The molecule has 2 aliphatic rings. The Morgan fingerprint density at radius 2 is 2.28 bits per heavy atom. The summed E-state index contributed by atoms with van der Waals surface area (Å²) in [5.41, 5.74) is 1.02. The Labute approximate surface area is 108 Å². The van der Waals surface area contributed by atoms with Crippen LogP contribution in [0.25, 0.3) is 0 Å². The largest absolute Gasteiger partial charge is 0.466 e. The summed E-state index contributed by atoms with van der Waals surface area (Å²) in [5.74, 6) is -0.658. The highest BCUT2D eigenvalue weighted by molar-refractivity contribution is 5.91. The standard InChI is InChI=1S/C13H21NO4/c1-4-16-11(15)7-5-6-9-12-10(8-14-9)17-13(2,3)18-12/h10,12H,4-8H2,1-3H3/t10?,12-/m0/s1. The number of ether oxygens (including phenoxy) is 3. The lowest BCUT2D eigenvalue weighted by atomic mass is 10.1. The number of esters is 1. The molecule has 0 N–H and O–H groups in total. The smallest absolute Gasteiger partial charge is 0.305 e. The van der Waals surface area contributed by atoms with Crippen LogP contribution in [0.1, 0.15) is 40.0 Å². The molecule has 1 unspecified atom stereocenters. The van der Waals surface area contributed by atoms with Crippen LogP contribution in [0.2, 0.25) is 0 Å². The maximum Gasteiger partial charge on any atom is 0.305 e. The van der Waals surface area contributed by atoms with Crippen molar-refractivity contribution in [3.63, 3.8) is 0 Å². The number of hydrogen-bond donors (Lipinski definition) is 0. The number of hydrogen-bond acceptors (Lipinski definition) is 5. The van der Waals surface area contributed by atoms with E-state index in [1.807, 2.05) is 20.8 Å². The molecule has 102 valence electrons. The molecule has 0 bridgehead atoms. The number of carbonyl (C=O) groups excluding carboxylic acids is 1. The third kappa shape index (κ3) is 3.09. The monoisotopic (exact) mass is 255 g/mol. The quantitative estimate of drug-likeness (QED) is 0.701. The third-order valence-electron chi connectivity index (χ3n) is 3.11. The zero-order valence-corrected chi connectivity index (χ0v) is 11.3. The number of aliphatic imine (C=N–C) groups is 1. The summed E-state index contributed by atoms with van der Waals surface area (Å²) in [7, 11) is 0. The Balaban J connectivity index is 1.76. The zero-order valence-electron chi connectivity index (χ0n) is 11.3.